The number of amides is 1. The summed E-state index contributed by atoms with van der Waals surface area (Å²) in [4.78, 5) is 11.8. The minimum atomic E-state index is -3.74. The van der Waals surface area contributed by atoms with E-state index in [9.17, 15) is 13.2 Å². The number of nitrogens with one attached hydrogen (secondary N) is 2. The van der Waals surface area contributed by atoms with Gasteiger partial charge >= 0.3 is 0 Å². The van der Waals surface area contributed by atoms with E-state index < -0.39 is 10.0 Å². The number of rotatable bonds is 5. The molecule has 0 spiro atoms. The maximum Gasteiger partial charge on any atom is 0.241 e. The minimum absolute atomic E-state index is 0.0389. The van der Waals surface area contributed by atoms with E-state index in [4.69, 9.17) is 5.26 Å². The molecule has 6 nitrogen and oxygen atoms in total. The van der Waals surface area contributed by atoms with Crippen LogP contribution in [0.2, 0.25) is 0 Å². The summed E-state index contributed by atoms with van der Waals surface area (Å²) in [6, 6.07) is 7.62. The van der Waals surface area contributed by atoms with Gasteiger partial charge in [0, 0.05) is 6.04 Å². The smallest absolute Gasteiger partial charge is 0.241 e. The van der Waals surface area contributed by atoms with Gasteiger partial charge in [-0.05, 0) is 37.1 Å². The molecule has 0 saturated heterocycles. The molecule has 1 saturated carbocycles. The Hall–Kier alpha value is -1.91. The van der Waals surface area contributed by atoms with E-state index in [2.05, 4.69) is 10.0 Å². The van der Waals surface area contributed by atoms with Crippen LogP contribution >= 0.6 is 0 Å². The van der Waals surface area contributed by atoms with E-state index in [1.165, 1.54) is 30.7 Å². The number of hydrogen-bond acceptors (Lipinski definition) is 4. The lowest BCUT2D eigenvalue weighted by molar-refractivity contribution is -0.120. The minimum Gasteiger partial charge on any atom is -0.352 e. The molecule has 0 heterocycles. The third-order valence-corrected chi connectivity index (χ3v) is 5.10. The Kier molecular flexibility index (Phi) is 5.52. The predicted molar refractivity (Wildman–Crippen MR) is 81.4 cm³/mol. The van der Waals surface area contributed by atoms with Gasteiger partial charge in [-0.25, -0.2) is 13.1 Å². The summed E-state index contributed by atoms with van der Waals surface area (Å²) in [5.74, 6) is -0.316. The highest BCUT2D eigenvalue weighted by Crippen LogP contribution is 2.17. The van der Waals surface area contributed by atoms with E-state index in [-0.39, 0.29) is 23.4 Å². The van der Waals surface area contributed by atoms with Crippen molar-refractivity contribution in [2.75, 3.05) is 6.54 Å². The second-order valence-corrected chi connectivity index (χ2v) is 7.13. The Balaban J connectivity index is 1.88. The fourth-order valence-electron chi connectivity index (χ4n) is 2.48. The van der Waals surface area contributed by atoms with Crippen molar-refractivity contribution < 1.29 is 13.2 Å². The summed E-state index contributed by atoms with van der Waals surface area (Å²) >= 11 is 0. The van der Waals surface area contributed by atoms with Crippen molar-refractivity contribution in [2.24, 2.45) is 0 Å². The average Bonchev–Trinajstić information content (AvgIpc) is 2.54. The van der Waals surface area contributed by atoms with Crippen LogP contribution in [0.25, 0.3) is 0 Å². The van der Waals surface area contributed by atoms with Crippen LogP contribution in [-0.2, 0) is 14.8 Å². The Bertz CT molecular complexity index is 656. The Morgan fingerprint density at radius 2 is 1.82 bits per heavy atom. The highest BCUT2D eigenvalue weighted by molar-refractivity contribution is 7.89. The molecule has 0 radical (unpaired) electrons. The first-order valence-electron chi connectivity index (χ1n) is 7.30. The predicted octanol–water partition coefficient (Wildman–Crippen LogP) is 1.29. The summed E-state index contributed by atoms with van der Waals surface area (Å²) in [5.41, 5.74) is 0.383. The number of benzene rings is 1. The van der Waals surface area contributed by atoms with Crippen LogP contribution in [0, 0.1) is 11.3 Å². The molecule has 1 aromatic carbocycles. The van der Waals surface area contributed by atoms with Gasteiger partial charge in [-0.3, -0.25) is 4.79 Å². The largest absolute Gasteiger partial charge is 0.352 e. The van der Waals surface area contributed by atoms with Crippen LogP contribution in [0.3, 0.4) is 0 Å². The van der Waals surface area contributed by atoms with E-state index in [0.717, 1.165) is 25.7 Å². The van der Waals surface area contributed by atoms with Gasteiger partial charge in [0.2, 0.25) is 15.9 Å². The lowest BCUT2D eigenvalue weighted by Crippen LogP contribution is -2.42. The molecule has 1 aliphatic carbocycles. The third kappa shape index (κ3) is 4.55. The normalized spacial score (nSPS) is 16.0. The zero-order valence-corrected chi connectivity index (χ0v) is 13.0. The van der Waals surface area contributed by atoms with Gasteiger partial charge in [-0.1, -0.05) is 19.3 Å². The number of nitrogens with zero attached hydrogens (tertiary/aromatic N) is 1. The van der Waals surface area contributed by atoms with E-state index in [0.29, 0.717) is 5.56 Å². The van der Waals surface area contributed by atoms with Crippen molar-refractivity contribution in [3.63, 3.8) is 0 Å². The number of hydrogen-bond donors (Lipinski definition) is 2. The standard InChI is InChI=1S/C15H19N3O3S/c16-10-12-6-8-14(9-7-12)22(20,21)17-11-15(19)18-13-4-2-1-3-5-13/h6-9,13,17H,1-5,11H2,(H,18,19). The van der Waals surface area contributed by atoms with Crippen molar-refractivity contribution in [3.8, 4) is 6.07 Å². The number of carbonyl (C=O) groups excluding carboxylic acids is 1. The van der Waals surface area contributed by atoms with Gasteiger partial charge < -0.3 is 5.32 Å². The fraction of sp³-hybridized carbons (Fsp3) is 0.467. The van der Waals surface area contributed by atoms with Crippen molar-refractivity contribution in [1.82, 2.24) is 10.0 Å². The zero-order chi connectivity index (χ0) is 16.0. The van der Waals surface area contributed by atoms with Crippen molar-refractivity contribution >= 4 is 15.9 Å². The number of nitriles is 1. The van der Waals surface area contributed by atoms with E-state index in [1.54, 1.807) is 0 Å². The molecule has 118 valence electrons. The maximum atomic E-state index is 12.1. The maximum absolute atomic E-state index is 12.1. The quantitative estimate of drug-likeness (QED) is 0.853. The summed E-state index contributed by atoms with van der Waals surface area (Å²) in [7, 11) is -3.74. The molecule has 1 aromatic rings. The second-order valence-electron chi connectivity index (χ2n) is 5.36. The molecule has 0 atom stereocenters. The SMILES string of the molecule is N#Cc1ccc(S(=O)(=O)NCC(=O)NC2CCCCC2)cc1. The van der Waals surface area contributed by atoms with E-state index >= 15 is 0 Å². The summed E-state index contributed by atoms with van der Waals surface area (Å²) < 4.78 is 26.4. The summed E-state index contributed by atoms with van der Waals surface area (Å²) in [6.07, 6.45) is 5.30. The van der Waals surface area contributed by atoms with Crippen molar-refractivity contribution in [3.05, 3.63) is 29.8 Å². The fourth-order valence-corrected chi connectivity index (χ4v) is 3.46. The molecule has 2 N–H and O–H groups in total. The average molecular weight is 321 g/mol. The first kappa shape index (κ1) is 16.5. The summed E-state index contributed by atoms with van der Waals surface area (Å²) in [5, 5.41) is 11.5. The topological polar surface area (TPSA) is 99.1 Å². The molecule has 0 aliphatic heterocycles. The van der Waals surface area contributed by atoms with E-state index in [1.807, 2.05) is 6.07 Å². The molecule has 2 rings (SSSR count). The lowest BCUT2D eigenvalue weighted by Gasteiger charge is -2.22. The van der Waals surface area contributed by atoms with Crippen LogP contribution in [0.15, 0.2) is 29.2 Å². The lowest BCUT2D eigenvalue weighted by atomic mass is 9.95. The van der Waals surface area contributed by atoms with Crippen molar-refractivity contribution in [1.29, 1.82) is 5.26 Å². The molecule has 0 bridgehead atoms. The molecule has 0 aromatic heterocycles. The molecule has 7 heteroatoms. The van der Waals surface area contributed by atoms with Gasteiger partial charge in [0.1, 0.15) is 0 Å². The highest BCUT2D eigenvalue weighted by Gasteiger charge is 2.18. The molecular weight excluding hydrogens is 302 g/mol. The Labute approximate surface area is 130 Å². The molecule has 1 amide bonds. The number of sulfonamides is 1. The monoisotopic (exact) mass is 321 g/mol. The Morgan fingerprint density at radius 1 is 1.18 bits per heavy atom. The number of carbonyl (C=O) groups is 1. The van der Waals surface area contributed by atoms with Crippen LogP contribution in [0.5, 0.6) is 0 Å². The molecule has 1 aliphatic rings. The Morgan fingerprint density at radius 3 is 2.41 bits per heavy atom. The van der Waals surface area contributed by atoms with Gasteiger partial charge in [0.25, 0.3) is 0 Å². The van der Waals surface area contributed by atoms with Crippen molar-refractivity contribution in [2.45, 2.75) is 43.0 Å². The molecular formula is C15H19N3O3S. The third-order valence-electron chi connectivity index (χ3n) is 3.69. The zero-order valence-electron chi connectivity index (χ0n) is 12.2. The second kappa shape index (κ2) is 7.38. The van der Waals surface area contributed by atoms with Crippen LogP contribution in [0.4, 0.5) is 0 Å². The van der Waals surface area contributed by atoms with Gasteiger partial charge in [-0.2, -0.15) is 5.26 Å². The van der Waals surface area contributed by atoms with Crippen LogP contribution in [0.1, 0.15) is 37.7 Å². The molecule has 22 heavy (non-hydrogen) atoms. The van der Waals surface area contributed by atoms with Gasteiger partial charge in [-0.15, -0.1) is 0 Å². The van der Waals surface area contributed by atoms with Gasteiger partial charge in [0.15, 0.2) is 0 Å². The summed E-state index contributed by atoms with van der Waals surface area (Å²) in [6.45, 7) is -0.279. The molecule has 1 fully saturated rings. The van der Waals surface area contributed by atoms with Crippen LogP contribution < -0.4 is 10.0 Å². The first-order valence-corrected chi connectivity index (χ1v) is 8.79. The highest BCUT2D eigenvalue weighted by atomic mass is 32.2. The van der Waals surface area contributed by atoms with Gasteiger partial charge in [0.05, 0.1) is 23.1 Å². The molecule has 0 unspecified atom stereocenters. The first-order chi connectivity index (χ1) is 10.5. The van der Waals surface area contributed by atoms with Crippen LogP contribution in [-0.4, -0.2) is 26.9 Å².